The smallest absolute Gasteiger partial charge is 0.336 e. The number of rotatable bonds is 6. The zero-order chi connectivity index (χ0) is 19.4. The third-order valence-electron chi connectivity index (χ3n) is 4.88. The highest BCUT2D eigenvalue weighted by Gasteiger charge is 2.39. The monoisotopic (exact) mass is 389 g/mol. The van der Waals surface area contributed by atoms with Gasteiger partial charge in [-0.25, -0.2) is 4.79 Å². The molecule has 1 heterocycles. The summed E-state index contributed by atoms with van der Waals surface area (Å²) in [6.45, 7) is 4.79. The highest BCUT2D eigenvalue weighted by atomic mass is 35.5. The Bertz CT molecular complexity index is 812. The van der Waals surface area contributed by atoms with Crippen LogP contribution in [0.3, 0.4) is 0 Å². The van der Waals surface area contributed by atoms with E-state index >= 15 is 0 Å². The number of ether oxygens (including phenoxy) is 2. The highest BCUT2D eigenvalue weighted by molar-refractivity contribution is 6.31. The standard InChI is InChI=1S/C21H24ClNO4/c1-3-26-11-12-27-21(25)18-13(2)23-16-9-6-10-17(24)20(16)19(18)14-7-4-5-8-15(14)22/h4-5,7-8,19,23H,3,6,9-12H2,1-2H3. The van der Waals surface area contributed by atoms with Crippen LogP contribution < -0.4 is 5.32 Å². The zero-order valence-corrected chi connectivity index (χ0v) is 16.4. The number of carbonyl (C=O) groups is 2. The molecule has 2 aliphatic rings. The van der Waals surface area contributed by atoms with Gasteiger partial charge < -0.3 is 14.8 Å². The van der Waals surface area contributed by atoms with Crippen molar-refractivity contribution in [2.24, 2.45) is 0 Å². The first kappa shape index (κ1) is 19.6. The second-order valence-corrected chi connectivity index (χ2v) is 7.03. The average molecular weight is 390 g/mol. The van der Waals surface area contributed by atoms with E-state index in [1.807, 2.05) is 32.0 Å². The maximum Gasteiger partial charge on any atom is 0.336 e. The van der Waals surface area contributed by atoms with Gasteiger partial charge in [-0.1, -0.05) is 29.8 Å². The van der Waals surface area contributed by atoms with E-state index in [-0.39, 0.29) is 12.4 Å². The predicted octanol–water partition coefficient (Wildman–Crippen LogP) is 3.89. The molecule has 5 nitrogen and oxygen atoms in total. The van der Waals surface area contributed by atoms with E-state index in [0.717, 1.165) is 24.1 Å². The number of allylic oxidation sites excluding steroid dienone is 3. The number of hydrogen-bond acceptors (Lipinski definition) is 5. The molecular weight excluding hydrogens is 366 g/mol. The molecule has 3 rings (SSSR count). The maximum absolute atomic E-state index is 12.9. The van der Waals surface area contributed by atoms with Crippen molar-refractivity contribution in [2.75, 3.05) is 19.8 Å². The Balaban J connectivity index is 2.01. The molecule has 0 aromatic heterocycles. The van der Waals surface area contributed by atoms with Crippen molar-refractivity contribution in [3.8, 4) is 0 Å². The summed E-state index contributed by atoms with van der Waals surface area (Å²) in [5.41, 5.74) is 3.42. The van der Waals surface area contributed by atoms with Gasteiger partial charge in [0.25, 0.3) is 0 Å². The van der Waals surface area contributed by atoms with Gasteiger partial charge in [0.15, 0.2) is 5.78 Å². The van der Waals surface area contributed by atoms with Gasteiger partial charge in [0, 0.05) is 40.9 Å². The third kappa shape index (κ3) is 4.09. The molecule has 27 heavy (non-hydrogen) atoms. The molecule has 6 heteroatoms. The molecule has 1 atom stereocenters. The third-order valence-corrected chi connectivity index (χ3v) is 5.22. The first-order chi connectivity index (χ1) is 13.0. The molecule has 144 valence electrons. The first-order valence-electron chi connectivity index (χ1n) is 9.27. The Hall–Kier alpha value is -2.11. The Kier molecular flexibility index (Phi) is 6.34. The quantitative estimate of drug-likeness (QED) is 0.590. The normalized spacial score (nSPS) is 19.7. The number of Topliss-reactive ketones (excluding diaryl/α,β-unsaturated/α-hetero) is 1. The van der Waals surface area contributed by atoms with Crippen molar-refractivity contribution in [2.45, 2.75) is 39.0 Å². The highest BCUT2D eigenvalue weighted by Crippen LogP contribution is 2.44. The fourth-order valence-electron chi connectivity index (χ4n) is 3.69. The summed E-state index contributed by atoms with van der Waals surface area (Å²) in [5.74, 6) is -0.905. The number of dihydropyridines is 1. The molecule has 1 aromatic rings. The predicted molar refractivity (Wildman–Crippen MR) is 103 cm³/mol. The van der Waals surface area contributed by atoms with Crippen molar-refractivity contribution in [1.29, 1.82) is 0 Å². The molecule has 0 radical (unpaired) electrons. The van der Waals surface area contributed by atoms with E-state index in [4.69, 9.17) is 21.1 Å². The Morgan fingerprint density at radius 2 is 2.04 bits per heavy atom. The van der Waals surface area contributed by atoms with Gasteiger partial charge >= 0.3 is 5.97 Å². The number of carbonyl (C=O) groups excluding carboxylic acids is 2. The largest absolute Gasteiger partial charge is 0.460 e. The van der Waals surface area contributed by atoms with E-state index in [9.17, 15) is 9.59 Å². The van der Waals surface area contributed by atoms with Crippen LogP contribution in [0.25, 0.3) is 0 Å². The van der Waals surface area contributed by atoms with Crippen LogP contribution in [0, 0.1) is 0 Å². The summed E-state index contributed by atoms with van der Waals surface area (Å²) in [5, 5.41) is 3.79. The summed E-state index contributed by atoms with van der Waals surface area (Å²) >= 11 is 6.45. The van der Waals surface area contributed by atoms with Gasteiger partial charge in [-0.2, -0.15) is 0 Å². The van der Waals surface area contributed by atoms with Gasteiger partial charge in [0.05, 0.1) is 12.2 Å². The van der Waals surface area contributed by atoms with Crippen LogP contribution in [-0.2, 0) is 19.1 Å². The molecule has 1 N–H and O–H groups in total. The van der Waals surface area contributed by atoms with Crippen LogP contribution in [0.1, 0.15) is 44.6 Å². The Morgan fingerprint density at radius 3 is 2.78 bits per heavy atom. The summed E-state index contributed by atoms with van der Waals surface area (Å²) < 4.78 is 10.7. The molecule has 1 aliphatic carbocycles. The van der Waals surface area contributed by atoms with Crippen molar-refractivity contribution in [1.82, 2.24) is 5.32 Å². The van der Waals surface area contributed by atoms with Crippen LogP contribution >= 0.6 is 11.6 Å². The molecule has 1 unspecified atom stereocenters. The van der Waals surface area contributed by atoms with Gasteiger partial charge in [-0.3, -0.25) is 4.79 Å². The minimum Gasteiger partial charge on any atom is -0.460 e. The number of nitrogens with one attached hydrogen (secondary N) is 1. The Labute approximate surface area is 164 Å². The van der Waals surface area contributed by atoms with E-state index in [1.54, 1.807) is 6.07 Å². The second-order valence-electron chi connectivity index (χ2n) is 6.62. The van der Waals surface area contributed by atoms with Crippen molar-refractivity contribution in [3.63, 3.8) is 0 Å². The zero-order valence-electron chi connectivity index (χ0n) is 15.6. The lowest BCUT2D eigenvalue weighted by Gasteiger charge is -2.34. The molecule has 1 aliphatic heterocycles. The molecule has 0 spiro atoms. The van der Waals surface area contributed by atoms with E-state index in [2.05, 4.69) is 5.32 Å². The van der Waals surface area contributed by atoms with Gasteiger partial charge in [-0.05, 0) is 38.3 Å². The van der Waals surface area contributed by atoms with Crippen LogP contribution in [-0.4, -0.2) is 31.6 Å². The van der Waals surface area contributed by atoms with E-state index in [0.29, 0.717) is 41.5 Å². The fourth-order valence-corrected chi connectivity index (χ4v) is 3.93. The lowest BCUT2D eigenvalue weighted by Crippen LogP contribution is -2.34. The topological polar surface area (TPSA) is 64.6 Å². The SMILES string of the molecule is CCOCCOC(=O)C1=C(C)NC2=C(C(=O)CCC2)C1c1ccccc1Cl. The summed E-state index contributed by atoms with van der Waals surface area (Å²) in [6, 6.07) is 7.34. The lowest BCUT2D eigenvalue weighted by atomic mass is 9.75. The molecule has 0 bridgehead atoms. The van der Waals surface area contributed by atoms with Crippen LogP contribution in [0.2, 0.25) is 5.02 Å². The van der Waals surface area contributed by atoms with Gasteiger partial charge in [-0.15, -0.1) is 0 Å². The minimum absolute atomic E-state index is 0.0563. The van der Waals surface area contributed by atoms with Crippen molar-refractivity contribution < 1.29 is 19.1 Å². The minimum atomic E-state index is -0.512. The number of hydrogen-bond donors (Lipinski definition) is 1. The molecule has 0 saturated carbocycles. The van der Waals surface area contributed by atoms with Crippen molar-refractivity contribution >= 4 is 23.4 Å². The second kappa shape index (κ2) is 8.72. The van der Waals surface area contributed by atoms with E-state index < -0.39 is 11.9 Å². The molecule has 0 amide bonds. The van der Waals surface area contributed by atoms with Gasteiger partial charge in [0.1, 0.15) is 6.61 Å². The Morgan fingerprint density at radius 1 is 1.26 bits per heavy atom. The van der Waals surface area contributed by atoms with Crippen LogP contribution in [0.15, 0.2) is 46.8 Å². The van der Waals surface area contributed by atoms with Crippen LogP contribution in [0.5, 0.6) is 0 Å². The molecule has 0 fully saturated rings. The van der Waals surface area contributed by atoms with Gasteiger partial charge in [0.2, 0.25) is 0 Å². The fraction of sp³-hybridized carbons (Fsp3) is 0.429. The first-order valence-corrected chi connectivity index (χ1v) is 9.65. The van der Waals surface area contributed by atoms with E-state index in [1.165, 1.54) is 0 Å². The summed E-state index contributed by atoms with van der Waals surface area (Å²) in [7, 11) is 0. The number of benzene rings is 1. The lowest BCUT2D eigenvalue weighted by molar-refractivity contribution is -0.140. The van der Waals surface area contributed by atoms with Crippen LogP contribution in [0.4, 0.5) is 0 Å². The summed E-state index contributed by atoms with van der Waals surface area (Å²) in [6.07, 6.45) is 2.07. The average Bonchev–Trinajstić information content (AvgIpc) is 2.65. The molecule has 1 aromatic carbocycles. The van der Waals surface area contributed by atoms with Crippen molar-refractivity contribution in [3.05, 3.63) is 57.4 Å². The number of esters is 1. The molecular formula is C21H24ClNO4. The number of halogens is 1. The summed E-state index contributed by atoms with van der Waals surface area (Å²) in [4.78, 5) is 25.7. The maximum atomic E-state index is 12.9. The number of ketones is 1. The molecule has 0 saturated heterocycles.